The highest BCUT2D eigenvalue weighted by molar-refractivity contribution is 7.81. The Bertz CT molecular complexity index is 46.5. The van der Waals surface area contributed by atoms with Crippen molar-refractivity contribution < 1.29 is 4.39 Å². The first kappa shape index (κ1) is 7.28. The molecular formula is C5H11FS. The molecule has 0 atom stereocenters. The Morgan fingerprint density at radius 2 is 2.00 bits per heavy atom. The van der Waals surface area contributed by atoms with E-state index in [2.05, 4.69) is 12.6 Å². The summed E-state index contributed by atoms with van der Waals surface area (Å²) in [6.07, 6.45) is 0.538. The number of alkyl halides is 1. The van der Waals surface area contributed by atoms with E-state index in [0.29, 0.717) is 6.42 Å². The van der Waals surface area contributed by atoms with Crippen LogP contribution in [0.3, 0.4) is 0 Å². The van der Waals surface area contributed by atoms with Gasteiger partial charge in [-0.1, -0.05) is 13.8 Å². The number of hydrogen-bond donors (Lipinski definition) is 1. The van der Waals surface area contributed by atoms with Crippen molar-refractivity contribution in [3.63, 3.8) is 0 Å². The van der Waals surface area contributed by atoms with E-state index in [4.69, 9.17) is 0 Å². The molecule has 0 bridgehead atoms. The fourth-order valence-corrected chi connectivity index (χ4v) is 0.316. The second kappa shape index (κ2) is 2.55. The summed E-state index contributed by atoms with van der Waals surface area (Å²) in [7, 11) is 0. The van der Waals surface area contributed by atoms with Gasteiger partial charge < -0.3 is 0 Å². The summed E-state index contributed by atoms with van der Waals surface area (Å²) in [5, 5.41) is 0. The molecule has 0 fully saturated rings. The number of halogens is 1. The van der Waals surface area contributed by atoms with E-state index in [1.165, 1.54) is 0 Å². The molecule has 0 aliphatic rings. The minimum atomic E-state index is -0.267. The quantitative estimate of drug-likeness (QED) is 0.532. The monoisotopic (exact) mass is 122 g/mol. The average molecular weight is 122 g/mol. The predicted molar refractivity (Wildman–Crippen MR) is 33.7 cm³/mol. The second-order valence-corrected chi connectivity index (χ2v) is 3.46. The molecule has 7 heavy (non-hydrogen) atoms. The van der Waals surface area contributed by atoms with Gasteiger partial charge in [0.1, 0.15) is 0 Å². The fourth-order valence-electron chi connectivity index (χ4n) is 0.231. The SMILES string of the molecule is CC(C)(S)CCF. The molecule has 2 heteroatoms. The summed E-state index contributed by atoms with van der Waals surface area (Å²) in [5.74, 6) is 0. The first-order valence-electron chi connectivity index (χ1n) is 2.34. The van der Waals surface area contributed by atoms with Crippen molar-refractivity contribution in [2.75, 3.05) is 6.67 Å². The van der Waals surface area contributed by atoms with Gasteiger partial charge in [0, 0.05) is 4.75 Å². The van der Waals surface area contributed by atoms with Gasteiger partial charge in [0.15, 0.2) is 0 Å². The molecule has 0 aliphatic heterocycles. The van der Waals surface area contributed by atoms with Crippen molar-refractivity contribution >= 4 is 12.6 Å². The van der Waals surface area contributed by atoms with Crippen LogP contribution < -0.4 is 0 Å². The Morgan fingerprint density at radius 1 is 1.57 bits per heavy atom. The Morgan fingerprint density at radius 3 is 2.00 bits per heavy atom. The third-order valence-electron chi connectivity index (χ3n) is 0.706. The zero-order valence-electron chi connectivity index (χ0n) is 4.74. The Balaban J connectivity index is 3.15. The fraction of sp³-hybridized carbons (Fsp3) is 1.00. The highest BCUT2D eigenvalue weighted by atomic mass is 32.1. The van der Waals surface area contributed by atoms with Crippen molar-refractivity contribution in [3.8, 4) is 0 Å². The van der Waals surface area contributed by atoms with Crippen molar-refractivity contribution in [2.24, 2.45) is 0 Å². The third-order valence-corrected chi connectivity index (χ3v) is 0.930. The molecule has 0 aromatic rings. The van der Waals surface area contributed by atoms with Crippen molar-refractivity contribution in [2.45, 2.75) is 25.0 Å². The maximum atomic E-state index is 11.4. The van der Waals surface area contributed by atoms with Gasteiger partial charge in [-0.15, -0.1) is 0 Å². The van der Waals surface area contributed by atoms with E-state index in [-0.39, 0.29) is 11.4 Å². The summed E-state index contributed by atoms with van der Waals surface area (Å²) in [6.45, 7) is 3.53. The number of hydrogen-bond acceptors (Lipinski definition) is 1. The van der Waals surface area contributed by atoms with Crippen LogP contribution in [-0.4, -0.2) is 11.4 Å². The largest absolute Gasteiger partial charge is 0.251 e. The maximum absolute atomic E-state index is 11.4. The van der Waals surface area contributed by atoms with Gasteiger partial charge in [-0.05, 0) is 6.42 Å². The standard InChI is InChI=1S/C5H11FS/c1-5(2,7)3-4-6/h7H,3-4H2,1-2H3. The Hall–Kier alpha value is 0.280. The van der Waals surface area contributed by atoms with Crippen LogP contribution in [0.25, 0.3) is 0 Å². The van der Waals surface area contributed by atoms with Gasteiger partial charge in [0.2, 0.25) is 0 Å². The van der Waals surface area contributed by atoms with E-state index in [1.807, 2.05) is 13.8 Å². The van der Waals surface area contributed by atoms with Gasteiger partial charge in [0.25, 0.3) is 0 Å². The molecule has 0 nitrogen and oxygen atoms in total. The van der Waals surface area contributed by atoms with Gasteiger partial charge in [-0.25, -0.2) is 0 Å². The maximum Gasteiger partial charge on any atom is 0.0907 e. The summed E-state index contributed by atoms with van der Waals surface area (Å²) >= 11 is 4.09. The van der Waals surface area contributed by atoms with Crippen LogP contribution in [0, 0.1) is 0 Å². The molecule has 0 aromatic carbocycles. The van der Waals surface area contributed by atoms with E-state index in [9.17, 15) is 4.39 Å². The van der Waals surface area contributed by atoms with Crippen LogP contribution in [0.2, 0.25) is 0 Å². The summed E-state index contributed by atoms with van der Waals surface area (Å²) in [6, 6.07) is 0. The minimum Gasteiger partial charge on any atom is -0.251 e. The van der Waals surface area contributed by atoms with Crippen LogP contribution in [0.4, 0.5) is 4.39 Å². The lowest BCUT2D eigenvalue weighted by molar-refractivity contribution is 0.440. The molecule has 0 saturated carbocycles. The molecule has 0 amide bonds. The Labute approximate surface area is 49.5 Å². The molecule has 0 aromatic heterocycles. The summed E-state index contributed by atoms with van der Waals surface area (Å²) in [5.41, 5.74) is 0. The average Bonchev–Trinajstić information content (AvgIpc) is 1.30. The summed E-state index contributed by atoms with van der Waals surface area (Å²) in [4.78, 5) is 0. The van der Waals surface area contributed by atoms with Gasteiger partial charge in [0.05, 0.1) is 6.67 Å². The van der Waals surface area contributed by atoms with Crippen molar-refractivity contribution in [1.82, 2.24) is 0 Å². The van der Waals surface area contributed by atoms with Gasteiger partial charge in [-0.3, -0.25) is 4.39 Å². The van der Waals surface area contributed by atoms with Crippen LogP contribution >= 0.6 is 12.6 Å². The predicted octanol–water partition coefficient (Wildman–Crippen LogP) is 2.05. The topological polar surface area (TPSA) is 0 Å². The molecular weight excluding hydrogens is 111 g/mol. The third kappa shape index (κ3) is 6.28. The van der Waals surface area contributed by atoms with Gasteiger partial charge in [-0.2, -0.15) is 12.6 Å². The molecule has 0 unspecified atom stereocenters. The molecule has 44 valence electrons. The van der Waals surface area contributed by atoms with E-state index in [1.54, 1.807) is 0 Å². The van der Waals surface area contributed by atoms with Crippen molar-refractivity contribution in [3.05, 3.63) is 0 Å². The van der Waals surface area contributed by atoms with Crippen LogP contribution in [0.5, 0.6) is 0 Å². The lowest BCUT2D eigenvalue weighted by Gasteiger charge is -2.12. The highest BCUT2D eigenvalue weighted by Gasteiger charge is 2.08. The van der Waals surface area contributed by atoms with E-state index >= 15 is 0 Å². The smallest absolute Gasteiger partial charge is 0.0907 e. The zero-order chi connectivity index (χ0) is 5.91. The molecule has 0 aliphatic carbocycles. The first-order valence-corrected chi connectivity index (χ1v) is 2.79. The van der Waals surface area contributed by atoms with Crippen molar-refractivity contribution in [1.29, 1.82) is 0 Å². The van der Waals surface area contributed by atoms with Crippen LogP contribution in [0.15, 0.2) is 0 Å². The molecule has 0 radical (unpaired) electrons. The molecule has 0 N–H and O–H groups in total. The number of thiol groups is 1. The minimum absolute atomic E-state index is 0.130. The summed E-state index contributed by atoms with van der Waals surface area (Å²) < 4.78 is 11.3. The Kier molecular flexibility index (Phi) is 2.66. The second-order valence-electron chi connectivity index (χ2n) is 2.25. The van der Waals surface area contributed by atoms with Crippen LogP contribution in [0.1, 0.15) is 20.3 Å². The van der Waals surface area contributed by atoms with Crippen LogP contribution in [-0.2, 0) is 0 Å². The van der Waals surface area contributed by atoms with E-state index in [0.717, 1.165) is 0 Å². The lowest BCUT2D eigenvalue weighted by atomic mass is 10.1. The normalized spacial score (nSPS) is 12.0. The molecule has 0 rings (SSSR count). The molecule has 0 saturated heterocycles. The number of rotatable bonds is 2. The highest BCUT2D eigenvalue weighted by Crippen LogP contribution is 2.15. The lowest BCUT2D eigenvalue weighted by Crippen LogP contribution is -2.10. The van der Waals surface area contributed by atoms with E-state index < -0.39 is 0 Å². The molecule has 0 heterocycles. The molecule has 0 spiro atoms. The van der Waals surface area contributed by atoms with Gasteiger partial charge >= 0.3 is 0 Å². The zero-order valence-corrected chi connectivity index (χ0v) is 5.63. The first-order chi connectivity index (χ1) is 3.06.